The summed E-state index contributed by atoms with van der Waals surface area (Å²) in [7, 11) is 0. The summed E-state index contributed by atoms with van der Waals surface area (Å²) >= 11 is 1.71. The first-order valence-corrected chi connectivity index (χ1v) is 10.3. The number of hydrogen-bond acceptors (Lipinski definition) is 3. The Morgan fingerprint density at radius 3 is 2.43 bits per heavy atom. The van der Waals surface area contributed by atoms with E-state index in [1.165, 1.54) is 11.1 Å². The summed E-state index contributed by atoms with van der Waals surface area (Å²) in [4.78, 5) is 7.20. The van der Waals surface area contributed by atoms with Gasteiger partial charge in [0.2, 0.25) is 0 Å². The molecule has 0 bridgehead atoms. The number of hydrogen-bond donors (Lipinski definition) is 0. The number of nitrogens with zero attached hydrogens (tertiary/aromatic N) is 2. The number of thiazole rings is 1. The van der Waals surface area contributed by atoms with Crippen LogP contribution in [-0.2, 0) is 0 Å². The van der Waals surface area contributed by atoms with Crippen molar-refractivity contribution < 1.29 is 0 Å². The van der Waals surface area contributed by atoms with Crippen LogP contribution in [0.15, 0.2) is 85.6 Å². The third kappa shape index (κ3) is 7.93. The Hall–Kier alpha value is -2.65. The van der Waals surface area contributed by atoms with E-state index in [1.807, 2.05) is 49.5 Å². The molecule has 0 saturated heterocycles. The van der Waals surface area contributed by atoms with E-state index in [-0.39, 0.29) is 0 Å². The normalized spacial score (nSPS) is 14.2. The van der Waals surface area contributed by atoms with Crippen LogP contribution in [0.25, 0.3) is 12.2 Å². The lowest BCUT2D eigenvalue weighted by Gasteiger charge is -2.22. The van der Waals surface area contributed by atoms with Crippen molar-refractivity contribution in [2.75, 3.05) is 18.0 Å². The predicted molar refractivity (Wildman–Crippen MR) is 129 cm³/mol. The minimum absolute atomic E-state index is 0.827. The summed E-state index contributed by atoms with van der Waals surface area (Å²) < 4.78 is 1.14. The number of aromatic nitrogens is 1. The average molecular weight is 393 g/mol. The highest BCUT2D eigenvalue weighted by atomic mass is 32.1. The first-order chi connectivity index (χ1) is 13.6. The Morgan fingerprint density at radius 1 is 1.07 bits per heavy atom. The number of anilines is 1. The van der Waals surface area contributed by atoms with Gasteiger partial charge in [0.1, 0.15) is 0 Å². The van der Waals surface area contributed by atoms with Gasteiger partial charge in [-0.2, -0.15) is 0 Å². The minimum atomic E-state index is 0.827. The largest absolute Gasteiger partial charge is 0.344 e. The molecule has 0 aliphatic rings. The van der Waals surface area contributed by atoms with E-state index in [0.717, 1.165) is 34.5 Å². The molecule has 1 rings (SSSR count). The van der Waals surface area contributed by atoms with Gasteiger partial charge in [-0.15, -0.1) is 0 Å². The van der Waals surface area contributed by atoms with E-state index in [2.05, 4.69) is 56.7 Å². The second kappa shape index (κ2) is 13.5. The standard InChI is InChI=1S/C25H32N2S/c1-7-12-14-16-21(6)20-27(19-18-22(10-4)17-13-8-2)25-26-23(11-5)24(28-25)15-9-3/h7-17H,1-3,18-20H2,4-6H3/b14-12-,17-13-,21-16+,22-10+,23-11+,24-15+. The van der Waals surface area contributed by atoms with Gasteiger partial charge in [-0.1, -0.05) is 103 Å². The van der Waals surface area contributed by atoms with Crippen molar-refractivity contribution in [3.05, 3.63) is 95.4 Å². The van der Waals surface area contributed by atoms with Crippen LogP contribution in [0.1, 0.15) is 27.2 Å². The molecule has 1 heterocycles. The van der Waals surface area contributed by atoms with Gasteiger partial charge in [0, 0.05) is 13.1 Å². The fourth-order valence-corrected chi connectivity index (χ4v) is 3.63. The molecular formula is C25H32N2S. The Morgan fingerprint density at radius 2 is 1.82 bits per heavy atom. The monoisotopic (exact) mass is 392 g/mol. The van der Waals surface area contributed by atoms with Crippen molar-refractivity contribution in [3.63, 3.8) is 0 Å². The minimum Gasteiger partial charge on any atom is -0.344 e. The van der Waals surface area contributed by atoms with Crippen molar-refractivity contribution in [1.29, 1.82) is 0 Å². The van der Waals surface area contributed by atoms with Crippen LogP contribution in [0.3, 0.4) is 0 Å². The molecule has 0 atom stereocenters. The van der Waals surface area contributed by atoms with Gasteiger partial charge < -0.3 is 4.90 Å². The highest BCUT2D eigenvalue weighted by Crippen LogP contribution is 2.17. The SMILES string of the molecule is C=C/C=C\C=C(/C)CN(CCC(/C=C\C=C)=C/C)c1nc(=C/C)/c(=C\C=C)s1. The number of allylic oxidation sites excluding steroid dienone is 9. The lowest BCUT2D eigenvalue weighted by molar-refractivity contribution is 0.814. The molecule has 0 aliphatic heterocycles. The van der Waals surface area contributed by atoms with Crippen LogP contribution in [-0.4, -0.2) is 18.1 Å². The van der Waals surface area contributed by atoms with Crippen LogP contribution in [0.5, 0.6) is 0 Å². The average Bonchev–Trinajstić information content (AvgIpc) is 3.10. The Balaban J connectivity index is 3.19. The maximum Gasteiger partial charge on any atom is 0.186 e. The summed E-state index contributed by atoms with van der Waals surface area (Å²) in [6, 6.07) is 0. The van der Waals surface area contributed by atoms with Crippen molar-refractivity contribution in [2.24, 2.45) is 0 Å². The van der Waals surface area contributed by atoms with E-state index in [4.69, 9.17) is 4.98 Å². The van der Waals surface area contributed by atoms with Crippen LogP contribution in [0.4, 0.5) is 5.13 Å². The zero-order chi connectivity index (χ0) is 20.8. The molecule has 0 spiro atoms. The van der Waals surface area contributed by atoms with E-state index >= 15 is 0 Å². The lowest BCUT2D eigenvalue weighted by atomic mass is 10.1. The molecule has 3 heteroatoms. The van der Waals surface area contributed by atoms with Gasteiger partial charge >= 0.3 is 0 Å². The highest BCUT2D eigenvalue weighted by Gasteiger charge is 2.12. The van der Waals surface area contributed by atoms with Gasteiger partial charge in [0.15, 0.2) is 5.13 Å². The zero-order valence-corrected chi connectivity index (χ0v) is 18.2. The molecule has 0 fully saturated rings. The van der Waals surface area contributed by atoms with Crippen LogP contribution >= 0.6 is 11.3 Å². The molecule has 0 N–H and O–H groups in total. The van der Waals surface area contributed by atoms with E-state index in [9.17, 15) is 0 Å². The Kier molecular flexibility index (Phi) is 11.3. The number of rotatable bonds is 11. The molecule has 2 nitrogen and oxygen atoms in total. The van der Waals surface area contributed by atoms with Gasteiger partial charge in [-0.25, -0.2) is 4.98 Å². The van der Waals surface area contributed by atoms with Crippen LogP contribution < -0.4 is 14.8 Å². The van der Waals surface area contributed by atoms with E-state index in [1.54, 1.807) is 17.4 Å². The summed E-state index contributed by atoms with van der Waals surface area (Å²) in [5, 5.41) is 2.04. The predicted octanol–water partition coefficient (Wildman–Crippen LogP) is 5.48. The Labute approximate surface area is 174 Å². The molecular weight excluding hydrogens is 360 g/mol. The van der Waals surface area contributed by atoms with E-state index < -0.39 is 0 Å². The van der Waals surface area contributed by atoms with Gasteiger partial charge in [0.25, 0.3) is 0 Å². The fourth-order valence-electron chi connectivity index (χ4n) is 2.57. The van der Waals surface area contributed by atoms with Crippen molar-refractivity contribution >= 4 is 28.6 Å². The summed E-state index contributed by atoms with van der Waals surface area (Å²) in [6.07, 6.45) is 22.8. The molecule has 0 radical (unpaired) electrons. The maximum atomic E-state index is 4.86. The lowest BCUT2D eigenvalue weighted by Crippen LogP contribution is -2.27. The van der Waals surface area contributed by atoms with Crippen molar-refractivity contribution in [2.45, 2.75) is 27.2 Å². The second-order valence-electron chi connectivity index (χ2n) is 6.20. The quantitative estimate of drug-likeness (QED) is 0.463. The zero-order valence-electron chi connectivity index (χ0n) is 17.4. The van der Waals surface area contributed by atoms with E-state index in [0.29, 0.717) is 0 Å². The second-order valence-corrected chi connectivity index (χ2v) is 7.21. The fraction of sp³-hybridized carbons (Fsp3) is 0.240. The smallest absolute Gasteiger partial charge is 0.186 e. The summed E-state index contributed by atoms with van der Waals surface area (Å²) in [5.41, 5.74) is 2.56. The molecule has 0 aromatic carbocycles. The maximum absolute atomic E-state index is 4.86. The van der Waals surface area contributed by atoms with Crippen molar-refractivity contribution in [3.8, 4) is 0 Å². The third-order valence-corrected chi connectivity index (χ3v) is 5.14. The molecule has 0 unspecified atom stereocenters. The molecule has 1 aromatic rings. The summed E-state index contributed by atoms with van der Waals surface area (Å²) in [6.45, 7) is 19.3. The van der Waals surface area contributed by atoms with Gasteiger partial charge in [0.05, 0.1) is 9.88 Å². The van der Waals surface area contributed by atoms with Gasteiger partial charge in [-0.3, -0.25) is 0 Å². The topological polar surface area (TPSA) is 16.1 Å². The molecule has 1 aromatic heterocycles. The molecule has 0 saturated carbocycles. The molecule has 0 aliphatic carbocycles. The Bertz CT molecular complexity index is 891. The third-order valence-electron chi connectivity index (χ3n) is 4.04. The molecule has 0 amide bonds. The summed E-state index contributed by atoms with van der Waals surface area (Å²) in [5.74, 6) is 0. The highest BCUT2D eigenvalue weighted by molar-refractivity contribution is 7.13. The molecule has 28 heavy (non-hydrogen) atoms. The van der Waals surface area contributed by atoms with Gasteiger partial charge in [-0.05, 0) is 33.3 Å². The van der Waals surface area contributed by atoms with Crippen LogP contribution in [0, 0.1) is 0 Å². The first-order valence-electron chi connectivity index (χ1n) is 9.49. The van der Waals surface area contributed by atoms with Crippen molar-refractivity contribution in [1.82, 2.24) is 4.98 Å². The first kappa shape index (κ1) is 23.4. The van der Waals surface area contributed by atoms with Crippen LogP contribution in [0.2, 0.25) is 0 Å². The molecule has 148 valence electrons.